The highest BCUT2D eigenvalue weighted by Gasteiger charge is 2.38. The van der Waals surface area contributed by atoms with Crippen LogP contribution in [-0.2, 0) is 11.2 Å². The summed E-state index contributed by atoms with van der Waals surface area (Å²) in [5, 5.41) is 7.08. The lowest BCUT2D eigenvalue weighted by Gasteiger charge is -2.48. The largest absolute Gasteiger partial charge is 0.496 e. The van der Waals surface area contributed by atoms with Gasteiger partial charge in [0.1, 0.15) is 17.2 Å². The highest BCUT2D eigenvalue weighted by Crippen LogP contribution is 2.35. The first-order valence-corrected chi connectivity index (χ1v) is 11.7. The van der Waals surface area contributed by atoms with Gasteiger partial charge >= 0.3 is 0 Å². The first-order valence-electron chi connectivity index (χ1n) is 11.7. The molecule has 1 aromatic rings. The van der Waals surface area contributed by atoms with Gasteiger partial charge in [0.2, 0.25) is 0 Å². The lowest BCUT2D eigenvalue weighted by Crippen LogP contribution is -2.60. The molecule has 0 radical (unpaired) electrons. The van der Waals surface area contributed by atoms with Crippen molar-refractivity contribution in [2.45, 2.75) is 44.1 Å². The second-order valence-corrected chi connectivity index (χ2v) is 8.50. The molecule has 1 saturated carbocycles. The zero-order valence-corrected chi connectivity index (χ0v) is 20.2. The highest BCUT2D eigenvalue weighted by molar-refractivity contribution is 5.79. The Balaban J connectivity index is 1.59. The number of hydrogen-bond donors (Lipinski definition) is 2. The number of benzene rings is 1. The lowest BCUT2D eigenvalue weighted by atomic mass is 9.80. The van der Waals surface area contributed by atoms with Gasteiger partial charge in [0.25, 0.3) is 0 Å². The van der Waals surface area contributed by atoms with Crippen LogP contribution < -0.4 is 24.8 Å². The molecule has 2 fully saturated rings. The second kappa shape index (κ2) is 12.2. The van der Waals surface area contributed by atoms with E-state index in [0.29, 0.717) is 12.3 Å². The summed E-state index contributed by atoms with van der Waals surface area (Å²) in [5.41, 5.74) is 1.21. The standard InChI is InChI=1S/C24H40N4O4/c1-25-23(26-11-8-20-21(30-3)16-19(29-2)17-22(20)31-4)27-18-24(9-6-5-7-10-24)28-12-14-32-15-13-28/h16-17H,5-15,18H2,1-4H3,(H2,25,26,27). The first-order chi connectivity index (χ1) is 15.7. The summed E-state index contributed by atoms with van der Waals surface area (Å²) in [6.45, 7) is 5.32. The average molecular weight is 449 g/mol. The number of ether oxygens (including phenoxy) is 4. The summed E-state index contributed by atoms with van der Waals surface area (Å²) < 4.78 is 22.1. The Bertz CT molecular complexity index is 719. The van der Waals surface area contributed by atoms with Crippen molar-refractivity contribution in [3.8, 4) is 17.2 Å². The molecule has 0 bridgehead atoms. The van der Waals surface area contributed by atoms with Gasteiger partial charge in [0.05, 0.1) is 34.5 Å². The minimum Gasteiger partial charge on any atom is -0.496 e. The van der Waals surface area contributed by atoms with Crippen LogP contribution >= 0.6 is 0 Å². The molecule has 1 saturated heterocycles. The van der Waals surface area contributed by atoms with Crippen LogP contribution in [0, 0.1) is 0 Å². The molecule has 0 spiro atoms. The molecule has 1 heterocycles. The van der Waals surface area contributed by atoms with E-state index >= 15 is 0 Å². The van der Waals surface area contributed by atoms with Gasteiger partial charge in [-0.1, -0.05) is 19.3 Å². The normalized spacial score (nSPS) is 19.3. The molecule has 8 nitrogen and oxygen atoms in total. The first kappa shape index (κ1) is 24.5. The number of hydrogen-bond acceptors (Lipinski definition) is 6. The van der Waals surface area contributed by atoms with Crippen LogP contribution in [0.15, 0.2) is 17.1 Å². The molecule has 0 aromatic heterocycles. The molecule has 32 heavy (non-hydrogen) atoms. The topological polar surface area (TPSA) is 76.6 Å². The quantitative estimate of drug-likeness (QED) is 0.444. The molecule has 0 unspecified atom stereocenters. The molecule has 0 atom stereocenters. The van der Waals surface area contributed by atoms with Gasteiger partial charge in [-0.05, 0) is 19.3 Å². The van der Waals surface area contributed by atoms with E-state index in [-0.39, 0.29) is 5.54 Å². The van der Waals surface area contributed by atoms with Crippen molar-refractivity contribution >= 4 is 5.96 Å². The molecule has 2 aliphatic rings. The predicted molar refractivity (Wildman–Crippen MR) is 127 cm³/mol. The molecule has 1 aliphatic carbocycles. The van der Waals surface area contributed by atoms with Crippen LogP contribution in [0.2, 0.25) is 0 Å². The van der Waals surface area contributed by atoms with E-state index < -0.39 is 0 Å². The summed E-state index contributed by atoms with van der Waals surface area (Å²) in [6, 6.07) is 3.78. The SMILES string of the molecule is CN=C(NCCc1c(OC)cc(OC)cc1OC)NCC1(N2CCOCC2)CCCCC1. The molecule has 180 valence electrons. The van der Waals surface area contributed by atoms with Crippen molar-refractivity contribution in [3.63, 3.8) is 0 Å². The van der Waals surface area contributed by atoms with Crippen LogP contribution in [0.4, 0.5) is 0 Å². The van der Waals surface area contributed by atoms with E-state index in [4.69, 9.17) is 18.9 Å². The molecule has 2 N–H and O–H groups in total. The number of methoxy groups -OCH3 is 3. The van der Waals surface area contributed by atoms with Gasteiger partial charge in [-0.25, -0.2) is 0 Å². The molecule has 1 aliphatic heterocycles. The Kier molecular flexibility index (Phi) is 9.29. The molecule has 3 rings (SSSR count). The summed E-state index contributed by atoms with van der Waals surface area (Å²) in [5.74, 6) is 3.07. The van der Waals surface area contributed by atoms with Gasteiger partial charge in [0.15, 0.2) is 5.96 Å². The Morgan fingerprint density at radius 1 is 1.00 bits per heavy atom. The second-order valence-electron chi connectivity index (χ2n) is 8.50. The van der Waals surface area contributed by atoms with Gasteiger partial charge < -0.3 is 29.6 Å². The van der Waals surface area contributed by atoms with E-state index in [1.54, 1.807) is 21.3 Å². The van der Waals surface area contributed by atoms with Crippen LogP contribution in [0.1, 0.15) is 37.7 Å². The fraction of sp³-hybridized carbons (Fsp3) is 0.708. The molecule has 8 heteroatoms. The third-order valence-corrected chi connectivity index (χ3v) is 6.76. The molecule has 0 amide bonds. The van der Waals surface area contributed by atoms with Crippen molar-refractivity contribution < 1.29 is 18.9 Å². The fourth-order valence-electron chi connectivity index (χ4n) is 4.95. The van der Waals surface area contributed by atoms with E-state index in [1.165, 1.54) is 32.1 Å². The number of nitrogens with one attached hydrogen (secondary N) is 2. The smallest absolute Gasteiger partial charge is 0.191 e. The maximum Gasteiger partial charge on any atom is 0.191 e. The summed E-state index contributed by atoms with van der Waals surface area (Å²) in [6.07, 6.45) is 7.13. The third kappa shape index (κ3) is 5.98. The van der Waals surface area contributed by atoms with Gasteiger partial charge in [0, 0.05) is 56.5 Å². The van der Waals surface area contributed by atoms with Gasteiger partial charge in [-0.2, -0.15) is 0 Å². The van der Waals surface area contributed by atoms with E-state index in [0.717, 1.165) is 62.3 Å². The Morgan fingerprint density at radius 3 is 2.22 bits per heavy atom. The number of morpholine rings is 1. The Hall–Kier alpha value is -2.19. The minimum atomic E-state index is 0.197. The summed E-state index contributed by atoms with van der Waals surface area (Å²) in [4.78, 5) is 7.10. The number of rotatable bonds is 9. The molecular formula is C24H40N4O4. The predicted octanol–water partition coefficient (Wildman–Crippen LogP) is 2.46. The zero-order valence-electron chi connectivity index (χ0n) is 20.2. The number of aliphatic imine (C=N–C) groups is 1. The Labute approximate surface area is 192 Å². The van der Waals surface area contributed by atoms with E-state index in [1.807, 2.05) is 19.2 Å². The summed E-state index contributed by atoms with van der Waals surface area (Å²) >= 11 is 0. The Morgan fingerprint density at radius 2 is 1.66 bits per heavy atom. The third-order valence-electron chi connectivity index (χ3n) is 6.76. The number of guanidine groups is 1. The molecule has 1 aromatic carbocycles. The van der Waals surface area contributed by atoms with Crippen molar-refractivity contribution in [2.24, 2.45) is 4.99 Å². The zero-order chi connectivity index (χ0) is 22.8. The monoisotopic (exact) mass is 448 g/mol. The lowest BCUT2D eigenvalue weighted by molar-refractivity contribution is -0.0352. The van der Waals surface area contributed by atoms with Crippen molar-refractivity contribution in [3.05, 3.63) is 17.7 Å². The minimum absolute atomic E-state index is 0.197. The van der Waals surface area contributed by atoms with E-state index in [9.17, 15) is 0 Å². The molecular weight excluding hydrogens is 408 g/mol. The van der Waals surface area contributed by atoms with Crippen LogP contribution in [0.25, 0.3) is 0 Å². The van der Waals surface area contributed by atoms with Crippen LogP contribution in [-0.4, -0.2) is 84.2 Å². The fourth-order valence-corrected chi connectivity index (χ4v) is 4.95. The number of nitrogens with zero attached hydrogens (tertiary/aromatic N) is 2. The van der Waals surface area contributed by atoms with Crippen molar-refractivity contribution in [1.82, 2.24) is 15.5 Å². The van der Waals surface area contributed by atoms with Crippen LogP contribution in [0.5, 0.6) is 17.2 Å². The van der Waals surface area contributed by atoms with Crippen LogP contribution in [0.3, 0.4) is 0 Å². The highest BCUT2D eigenvalue weighted by atomic mass is 16.5. The maximum atomic E-state index is 5.60. The van der Waals surface area contributed by atoms with Crippen molar-refractivity contribution in [1.29, 1.82) is 0 Å². The van der Waals surface area contributed by atoms with E-state index in [2.05, 4.69) is 20.5 Å². The van der Waals surface area contributed by atoms with Crippen molar-refractivity contribution in [2.75, 3.05) is 67.8 Å². The van der Waals surface area contributed by atoms with Gasteiger partial charge in [-0.15, -0.1) is 0 Å². The van der Waals surface area contributed by atoms with Gasteiger partial charge in [-0.3, -0.25) is 9.89 Å². The summed E-state index contributed by atoms with van der Waals surface area (Å²) in [7, 11) is 6.80. The average Bonchev–Trinajstić information content (AvgIpc) is 2.86. The maximum absolute atomic E-state index is 5.60.